The lowest BCUT2D eigenvalue weighted by atomic mass is 10.1. The van der Waals surface area contributed by atoms with Gasteiger partial charge in [-0.15, -0.1) is 0 Å². The summed E-state index contributed by atoms with van der Waals surface area (Å²) in [5.41, 5.74) is 0.874. The predicted octanol–water partition coefficient (Wildman–Crippen LogP) is 0.806. The summed E-state index contributed by atoms with van der Waals surface area (Å²) in [6.07, 6.45) is -0.671. The Labute approximate surface area is 234 Å². The van der Waals surface area contributed by atoms with Gasteiger partial charge in [0.2, 0.25) is 0 Å². The Kier molecular flexibility index (Phi) is 7.77. The Morgan fingerprint density at radius 3 is 2.56 bits per heavy atom. The van der Waals surface area contributed by atoms with Crippen LogP contribution < -0.4 is 35.3 Å². The molecule has 1 fully saturated rings. The van der Waals surface area contributed by atoms with Crippen molar-refractivity contribution < 1.29 is 33.3 Å². The molecule has 0 aliphatic carbocycles. The molecule has 2 atom stereocenters. The van der Waals surface area contributed by atoms with E-state index in [0.717, 1.165) is 5.56 Å². The van der Waals surface area contributed by atoms with Crippen LogP contribution >= 0.6 is 0 Å². The monoisotopic (exact) mass is 563 g/mol. The van der Waals surface area contributed by atoms with E-state index in [2.05, 4.69) is 20.6 Å². The summed E-state index contributed by atoms with van der Waals surface area (Å²) in [5.74, 6) is 0.0937. The number of methoxy groups -OCH3 is 2. The minimum Gasteiger partial charge on any atom is -0.493 e. The lowest BCUT2D eigenvalue weighted by Crippen LogP contribution is -2.45. The standard InChI is InChI=1S/C28H29N5O8/c1-15-8-18(32-28(37)30-15)27(36)33-12-19-24(13-33)41-21-6-4-16(9-22(21)39-3)11-29-25(34)14-40-23-10-17(26(35)31-19)5-7-20(23)38-2/h4-10,19,24H,11-14H2,1-3H3,(H,29,34)(H,31,35)(H,30,32,37)/t19-,24-/m0/s1. The van der Waals surface area contributed by atoms with Gasteiger partial charge in [0.1, 0.15) is 11.8 Å². The molecule has 3 aliphatic heterocycles. The maximum Gasteiger partial charge on any atom is 0.345 e. The van der Waals surface area contributed by atoms with Crippen molar-refractivity contribution in [3.05, 3.63) is 75.5 Å². The van der Waals surface area contributed by atoms with Gasteiger partial charge in [-0.05, 0) is 48.9 Å². The topological polar surface area (TPSA) is 161 Å². The second-order valence-corrected chi connectivity index (χ2v) is 9.62. The van der Waals surface area contributed by atoms with Crippen LogP contribution in [0.25, 0.3) is 0 Å². The van der Waals surface area contributed by atoms with E-state index in [-0.39, 0.29) is 49.2 Å². The van der Waals surface area contributed by atoms with Crippen LogP contribution in [0, 0.1) is 6.92 Å². The molecular formula is C28H29N5O8. The first kappa shape index (κ1) is 27.5. The van der Waals surface area contributed by atoms with Gasteiger partial charge in [-0.3, -0.25) is 14.4 Å². The predicted molar refractivity (Wildman–Crippen MR) is 144 cm³/mol. The van der Waals surface area contributed by atoms with Gasteiger partial charge in [0.05, 0.1) is 26.8 Å². The first-order valence-corrected chi connectivity index (χ1v) is 12.8. The smallest absolute Gasteiger partial charge is 0.345 e. The van der Waals surface area contributed by atoms with Crippen LogP contribution in [0.15, 0.2) is 47.3 Å². The van der Waals surface area contributed by atoms with Crippen LogP contribution in [0.5, 0.6) is 23.0 Å². The summed E-state index contributed by atoms with van der Waals surface area (Å²) < 4.78 is 22.8. The molecule has 1 saturated heterocycles. The van der Waals surface area contributed by atoms with Gasteiger partial charge in [-0.25, -0.2) is 4.79 Å². The average Bonchev–Trinajstić information content (AvgIpc) is 3.35. The van der Waals surface area contributed by atoms with E-state index in [0.29, 0.717) is 22.9 Å². The average molecular weight is 564 g/mol. The van der Waals surface area contributed by atoms with Gasteiger partial charge >= 0.3 is 5.69 Å². The third-order valence-electron chi connectivity index (χ3n) is 6.75. The molecule has 0 saturated carbocycles. The molecule has 0 spiro atoms. The number of benzene rings is 2. The number of aromatic amines is 1. The van der Waals surface area contributed by atoms with Gasteiger partial charge in [-0.2, -0.15) is 4.98 Å². The van der Waals surface area contributed by atoms with Crippen molar-refractivity contribution in [3.8, 4) is 23.0 Å². The highest BCUT2D eigenvalue weighted by Crippen LogP contribution is 2.32. The minimum absolute atomic E-state index is 0.00708. The first-order valence-electron chi connectivity index (χ1n) is 12.8. The van der Waals surface area contributed by atoms with Gasteiger partial charge in [0, 0.05) is 24.3 Å². The number of nitrogens with one attached hydrogen (secondary N) is 3. The normalized spacial score (nSPS) is 18.8. The number of nitrogens with zero attached hydrogens (tertiary/aromatic N) is 2. The number of hydrogen-bond acceptors (Lipinski definition) is 9. The van der Waals surface area contributed by atoms with Gasteiger partial charge in [-0.1, -0.05) is 6.07 Å². The second kappa shape index (κ2) is 11.6. The van der Waals surface area contributed by atoms with E-state index in [4.69, 9.17) is 18.9 Å². The van der Waals surface area contributed by atoms with E-state index < -0.39 is 29.6 Å². The van der Waals surface area contributed by atoms with Crippen molar-refractivity contribution in [3.63, 3.8) is 0 Å². The number of rotatable bonds is 3. The number of amides is 3. The summed E-state index contributed by atoms with van der Waals surface area (Å²) in [6, 6.07) is 10.7. The number of carbonyl (C=O) groups excluding carboxylic acids is 3. The molecule has 0 radical (unpaired) electrons. The zero-order valence-electron chi connectivity index (χ0n) is 22.7. The van der Waals surface area contributed by atoms with Crippen LogP contribution in [0.4, 0.5) is 0 Å². The molecular weight excluding hydrogens is 534 g/mol. The van der Waals surface area contributed by atoms with Crippen LogP contribution in [0.3, 0.4) is 0 Å². The third kappa shape index (κ3) is 6.08. The maximum atomic E-state index is 13.4. The Morgan fingerprint density at radius 1 is 1.00 bits per heavy atom. The maximum absolute atomic E-state index is 13.4. The van der Waals surface area contributed by atoms with E-state index in [1.54, 1.807) is 37.3 Å². The van der Waals surface area contributed by atoms with Crippen molar-refractivity contribution >= 4 is 17.7 Å². The number of carbonyl (C=O) groups is 3. The van der Waals surface area contributed by atoms with Crippen LogP contribution in [0.2, 0.25) is 0 Å². The molecule has 3 aliphatic rings. The molecule has 3 N–H and O–H groups in total. The summed E-state index contributed by atoms with van der Waals surface area (Å²) >= 11 is 0. The minimum atomic E-state index is -0.671. The van der Waals surface area contributed by atoms with Crippen LogP contribution in [-0.2, 0) is 11.3 Å². The van der Waals surface area contributed by atoms with E-state index in [1.807, 2.05) is 0 Å². The van der Waals surface area contributed by atoms with Crippen molar-refractivity contribution in [2.45, 2.75) is 25.6 Å². The number of aromatic nitrogens is 2. The first-order chi connectivity index (χ1) is 19.7. The number of fused-ring (bicyclic) bond motifs is 7. The molecule has 3 amide bonds. The highest BCUT2D eigenvalue weighted by Gasteiger charge is 2.39. The number of likely N-dealkylation sites (tertiary alicyclic amines) is 1. The summed E-state index contributed by atoms with van der Waals surface area (Å²) in [5, 5.41) is 5.74. The van der Waals surface area contributed by atoms with Crippen molar-refractivity contribution in [1.29, 1.82) is 0 Å². The van der Waals surface area contributed by atoms with Gasteiger partial charge in [0.25, 0.3) is 17.7 Å². The van der Waals surface area contributed by atoms with Crippen LogP contribution in [-0.4, -0.2) is 78.7 Å². The lowest BCUT2D eigenvalue weighted by molar-refractivity contribution is -0.123. The second-order valence-electron chi connectivity index (χ2n) is 9.62. The zero-order chi connectivity index (χ0) is 29.1. The fourth-order valence-corrected chi connectivity index (χ4v) is 4.71. The Hall–Kier alpha value is -5.07. The molecule has 4 bridgehead atoms. The molecule has 1 aromatic heterocycles. The van der Waals surface area contributed by atoms with E-state index in [1.165, 1.54) is 31.3 Å². The van der Waals surface area contributed by atoms with Crippen molar-refractivity contribution in [2.24, 2.45) is 0 Å². The SMILES string of the molecule is COc1ccc2cc1OCC(=O)NCc1ccc(c(OC)c1)O[C@H]1CN(C(=O)c3cc(C)[nH]c(=O)n3)C[C@@H]1NC2=O. The van der Waals surface area contributed by atoms with Crippen LogP contribution in [0.1, 0.15) is 32.1 Å². The highest BCUT2D eigenvalue weighted by molar-refractivity contribution is 5.96. The molecule has 41 heavy (non-hydrogen) atoms. The molecule has 4 heterocycles. The van der Waals surface area contributed by atoms with Gasteiger partial charge < -0.3 is 39.5 Å². The Balaban J connectivity index is 1.50. The molecule has 6 rings (SSSR count). The third-order valence-corrected chi connectivity index (χ3v) is 6.75. The van der Waals surface area contributed by atoms with E-state index >= 15 is 0 Å². The quantitative estimate of drug-likeness (QED) is 0.419. The Bertz CT molecular complexity index is 1550. The highest BCUT2D eigenvalue weighted by atomic mass is 16.5. The number of H-pyrrole nitrogens is 1. The molecule has 214 valence electrons. The fraction of sp³-hybridized carbons (Fsp3) is 0.321. The summed E-state index contributed by atoms with van der Waals surface area (Å²) in [6.45, 7) is 1.78. The summed E-state index contributed by atoms with van der Waals surface area (Å²) in [4.78, 5) is 58.9. The fourth-order valence-electron chi connectivity index (χ4n) is 4.71. The lowest BCUT2D eigenvalue weighted by Gasteiger charge is -2.22. The zero-order valence-corrected chi connectivity index (χ0v) is 22.7. The van der Waals surface area contributed by atoms with Crippen molar-refractivity contribution in [1.82, 2.24) is 25.5 Å². The number of ether oxygens (including phenoxy) is 4. The number of hydrogen-bond donors (Lipinski definition) is 3. The summed E-state index contributed by atoms with van der Waals surface area (Å²) in [7, 11) is 2.95. The molecule has 2 aromatic carbocycles. The Morgan fingerprint density at radius 2 is 1.80 bits per heavy atom. The molecule has 0 unspecified atom stereocenters. The molecule has 3 aromatic rings. The largest absolute Gasteiger partial charge is 0.493 e. The molecule has 13 heteroatoms. The van der Waals surface area contributed by atoms with Gasteiger partial charge in [0.15, 0.2) is 29.6 Å². The van der Waals surface area contributed by atoms with Crippen molar-refractivity contribution in [2.75, 3.05) is 33.9 Å². The molecule has 13 nitrogen and oxygen atoms in total. The number of aryl methyl sites for hydroxylation is 1. The van der Waals surface area contributed by atoms with E-state index in [9.17, 15) is 19.2 Å².